The van der Waals surface area contributed by atoms with Crippen molar-refractivity contribution in [3.63, 3.8) is 0 Å². The van der Waals surface area contributed by atoms with E-state index in [0.717, 1.165) is 102 Å². The summed E-state index contributed by atoms with van der Waals surface area (Å²) in [6.07, 6.45) is 47.1. The van der Waals surface area contributed by atoms with Gasteiger partial charge in [-0.05, 0) is 37.5 Å². The lowest BCUT2D eigenvalue weighted by Crippen LogP contribution is -2.30. The fourth-order valence-electron chi connectivity index (χ4n) is 10.6. The molecule has 0 aliphatic carbocycles. The molecule has 0 saturated carbocycles. The Hall–Kier alpha value is -1.94. The van der Waals surface area contributed by atoms with Crippen LogP contribution in [0.25, 0.3) is 0 Å². The van der Waals surface area contributed by atoms with Crippen molar-refractivity contribution in [1.29, 1.82) is 0 Å². The third kappa shape index (κ3) is 64.6. The first-order chi connectivity index (χ1) is 42.9. The highest BCUT2D eigenvalue weighted by Gasteiger charge is 2.30. The van der Waals surface area contributed by atoms with Crippen molar-refractivity contribution in [1.82, 2.24) is 0 Å². The Morgan fingerprint density at radius 1 is 0.303 bits per heavy atom. The number of phosphoric acid groups is 2. The summed E-state index contributed by atoms with van der Waals surface area (Å²) in [6.45, 7) is 9.53. The summed E-state index contributed by atoms with van der Waals surface area (Å²) in [5, 5.41) is 10.6. The van der Waals surface area contributed by atoms with Crippen LogP contribution < -0.4 is 0 Å². The lowest BCUT2D eigenvalue weighted by Gasteiger charge is -2.21. The van der Waals surface area contributed by atoms with E-state index in [1.165, 1.54) is 173 Å². The fraction of sp³-hybridized carbons (Fsp3) is 0.943. The normalized spacial score (nSPS) is 14.1. The number of carbonyl (C=O) groups excluding carboxylic acids is 4. The van der Waals surface area contributed by atoms with Crippen LogP contribution in [0.2, 0.25) is 0 Å². The quantitative estimate of drug-likeness (QED) is 0.0222. The van der Waals surface area contributed by atoms with Crippen LogP contribution >= 0.6 is 15.6 Å². The lowest BCUT2D eigenvalue weighted by atomic mass is 10.0. The van der Waals surface area contributed by atoms with Gasteiger partial charge in [-0.2, -0.15) is 0 Å². The molecule has 19 heteroatoms. The summed E-state index contributed by atoms with van der Waals surface area (Å²) in [5.74, 6) is -0.603. The van der Waals surface area contributed by atoms with Crippen LogP contribution in [0.5, 0.6) is 0 Å². The largest absolute Gasteiger partial charge is 0.472 e. The molecule has 0 fully saturated rings. The molecular weight excluding hydrogens is 1170 g/mol. The molecule has 0 aromatic carbocycles. The molecule has 0 bridgehead atoms. The van der Waals surface area contributed by atoms with Crippen molar-refractivity contribution < 1.29 is 80.2 Å². The van der Waals surface area contributed by atoms with Crippen molar-refractivity contribution in [3.8, 4) is 0 Å². The Morgan fingerprint density at radius 2 is 0.517 bits per heavy atom. The zero-order valence-electron chi connectivity index (χ0n) is 57.7. The number of carbonyl (C=O) groups is 4. The smallest absolute Gasteiger partial charge is 0.462 e. The average Bonchev–Trinajstić information content (AvgIpc) is 3.60. The van der Waals surface area contributed by atoms with Crippen molar-refractivity contribution >= 4 is 39.5 Å². The van der Waals surface area contributed by atoms with E-state index in [0.29, 0.717) is 25.7 Å². The second-order valence-corrected chi connectivity index (χ2v) is 29.1. The highest BCUT2D eigenvalue weighted by Crippen LogP contribution is 2.45. The van der Waals surface area contributed by atoms with Crippen LogP contribution in [-0.4, -0.2) is 96.7 Å². The summed E-state index contributed by atoms with van der Waals surface area (Å²) >= 11 is 0. The maximum Gasteiger partial charge on any atom is 0.472 e. The van der Waals surface area contributed by atoms with E-state index in [4.69, 9.17) is 37.0 Å². The average molecular weight is 1310 g/mol. The fourth-order valence-corrected chi connectivity index (χ4v) is 12.2. The molecule has 528 valence electrons. The molecule has 0 radical (unpaired) electrons. The van der Waals surface area contributed by atoms with E-state index in [-0.39, 0.29) is 25.7 Å². The number of aliphatic hydroxyl groups excluding tert-OH is 1. The molecule has 0 aromatic rings. The second kappa shape index (κ2) is 62.2. The van der Waals surface area contributed by atoms with Crippen LogP contribution in [-0.2, 0) is 65.4 Å². The van der Waals surface area contributed by atoms with Gasteiger partial charge in [0, 0.05) is 25.7 Å². The third-order valence-electron chi connectivity index (χ3n) is 16.2. The van der Waals surface area contributed by atoms with Gasteiger partial charge in [0.2, 0.25) is 0 Å². The molecular formula is C70H136O17P2. The zero-order valence-corrected chi connectivity index (χ0v) is 59.5. The monoisotopic (exact) mass is 1310 g/mol. The van der Waals surface area contributed by atoms with Gasteiger partial charge in [0.05, 0.1) is 26.4 Å². The van der Waals surface area contributed by atoms with E-state index >= 15 is 0 Å². The predicted octanol–water partition coefficient (Wildman–Crippen LogP) is 20.0. The van der Waals surface area contributed by atoms with Crippen molar-refractivity contribution in [2.75, 3.05) is 39.6 Å². The number of phosphoric ester groups is 2. The van der Waals surface area contributed by atoms with Gasteiger partial charge < -0.3 is 33.8 Å². The van der Waals surface area contributed by atoms with Gasteiger partial charge in [-0.3, -0.25) is 37.3 Å². The van der Waals surface area contributed by atoms with E-state index in [9.17, 15) is 43.2 Å². The summed E-state index contributed by atoms with van der Waals surface area (Å²) in [6, 6.07) is 0. The first-order valence-electron chi connectivity index (χ1n) is 36.5. The van der Waals surface area contributed by atoms with E-state index < -0.39 is 97.5 Å². The highest BCUT2D eigenvalue weighted by atomic mass is 31.2. The Balaban J connectivity index is 5.22. The number of unbranched alkanes of at least 4 members (excludes halogenated alkanes) is 39. The number of hydrogen-bond donors (Lipinski definition) is 3. The van der Waals surface area contributed by atoms with E-state index in [1.54, 1.807) is 0 Å². The van der Waals surface area contributed by atoms with Crippen LogP contribution in [0.3, 0.4) is 0 Å². The van der Waals surface area contributed by atoms with Crippen molar-refractivity contribution in [3.05, 3.63) is 0 Å². The first kappa shape index (κ1) is 87.1. The van der Waals surface area contributed by atoms with Crippen LogP contribution in [0.4, 0.5) is 0 Å². The second-order valence-electron chi connectivity index (χ2n) is 26.2. The Bertz CT molecular complexity index is 1730. The molecule has 0 saturated heterocycles. The minimum atomic E-state index is -4.95. The molecule has 0 spiro atoms. The van der Waals surface area contributed by atoms with Crippen molar-refractivity contribution in [2.45, 2.75) is 374 Å². The SMILES string of the molecule is CCCCCCCCCCCCCC(=O)O[C@H](COC(=O)CCCCCCCCCCCC)COP(=O)(O)OC[C@H](O)COP(=O)(O)OC[C@@H](COC(=O)CCCCCCCCCCC(C)C)OC(=O)CCCCCCCCCCCCCCCCC(C)C. The molecule has 0 aromatic heterocycles. The molecule has 3 N–H and O–H groups in total. The molecule has 0 heterocycles. The molecule has 89 heavy (non-hydrogen) atoms. The summed E-state index contributed by atoms with van der Waals surface area (Å²) in [7, 11) is -9.90. The van der Waals surface area contributed by atoms with E-state index in [1.807, 2.05) is 0 Å². The maximum atomic E-state index is 13.0. The van der Waals surface area contributed by atoms with Gasteiger partial charge in [0.1, 0.15) is 19.3 Å². The molecule has 0 amide bonds. The predicted molar refractivity (Wildman–Crippen MR) is 358 cm³/mol. The maximum absolute atomic E-state index is 13.0. The molecule has 0 aliphatic rings. The topological polar surface area (TPSA) is 237 Å². The number of aliphatic hydroxyl groups is 1. The minimum absolute atomic E-state index is 0.107. The standard InChI is InChI=1S/C70H136O17P2/c1-7-9-11-13-15-17-23-28-36-42-48-54-69(74)86-65(58-80-67(72)52-46-40-34-27-18-16-14-12-10-8-2)60-84-88(76,77)82-56-64(71)57-83-89(78,79)85-61-66(59-81-68(73)53-47-41-35-31-30-33-39-45-51-63(5)6)87-70(75)55-49-43-37-29-25-22-20-19-21-24-26-32-38-44-50-62(3)4/h62-66,71H,7-61H2,1-6H3,(H,76,77)(H,78,79)/t64-,65+,66+/m0/s1. The summed E-state index contributed by atoms with van der Waals surface area (Å²) < 4.78 is 68.2. The third-order valence-corrected chi connectivity index (χ3v) is 18.1. The van der Waals surface area contributed by atoms with Crippen LogP contribution in [0.15, 0.2) is 0 Å². The number of ether oxygens (including phenoxy) is 4. The van der Waals surface area contributed by atoms with Gasteiger partial charge in [0.25, 0.3) is 0 Å². The van der Waals surface area contributed by atoms with Gasteiger partial charge in [-0.25, -0.2) is 9.13 Å². The molecule has 5 atom stereocenters. The van der Waals surface area contributed by atoms with Crippen LogP contribution in [0, 0.1) is 11.8 Å². The highest BCUT2D eigenvalue weighted by molar-refractivity contribution is 7.47. The van der Waals surface area contributed by atoms with Gasteiger partial charge in [-0.15, -0.1) is 0 Å². The minimum Gasteiger partial charge on any atom is -0.462 e. The zero-order chi connectivity index (χ0) is 65.7. The summed E-state index contributed by atoms with van der Waals surface area (Å²) in [4.78, 5) is 72.5. The number of esters is 4. The van der Waals surface area contributed by atoms with Gasteiger partial charge in [-0.1, -0.05) is 305 Å². The Kier molecular flexibility index (Phi) is 60.8. The molecule has 0 aliphatic heterocycles. The van der Waals surface area contributed by atoms with Crippen LogP contribution in [0.1, 0.15) is 356 Å². The Morgan fingerprint density at radius 3 is 0.764 bits per heavy atom. The summed E-state index contributed by atoms with van der Waals surface area (Å²) in [5.41, 5.74) is 0. The van der Waals surface area contributed by atoms with Gasteiger partial charge >= 0.3 is 39.5 Å². The first-order valence-corrected chi connectivity index (χ1v) is 39.5. The van der Waals surface area contributed by atoms with Gasteiger partial charge in [0.15, 0.2) is 12.2 Å². The van der Waals surface area contributed by atoms with Crippen molar-refractivity contribution in [2.24, 2.45) is 11.8 Å². The number of hydrogen-bond acceptors (Lipinski definition) is 15. The lowest BCUT2D eigenvalue weighted by molar-refractivity contribution is -0.161. The molecule has 2 unspecified atom stereocenters. The Labute approximate surface area is 543 Å². The number of rotatable bonds is 69. The van der Waals surface area contributed by atoms with E-state index in [2.05, 4.69) is 41.5 Å². The molecule has 17 nitrogen and oxygen atoms in total. The molecule has 0 rings (SSSR count).